The van der Waals surface area contributed by atoms with Crippen molar-refractivity contribution in [3.63, 3.8) is 0 Å². The Hall–Kier alpha value is -1.33. The quantitative estimate of drug-likeness (QED) is 0.658. The van der Waals surface area contributed by atoms with E-state index in [1.165, 1.54) is 6.20 Å². The summed E-state index contributed by atoms with van der Waals surface area (Å²) in [7, 11) is 0. The molecule has 0 spiro atoms. The molecule has 0 saturated heterocycles. The van der Waals surface area contributed by atoms with Crippen molar-refractivity contribution >= 4 is 5.69 Å². The highest BCUT2D eigenvalue weighted by atomic mass is 19.3. The Kier molecular flexibility index (Phi) is 2.47. The molecular weight excluding hydrogens is 168 g/mol. The van der Waals surface area contributed by atoms with Crippen LogP contribution < -0.4 is 0 Å². The van der Waals surface area contributed by atoms with Gasteiger partial charge in [-0.15, -0.1) is 4.91 Å². The fourth-order valence-electron chi connectivity index (χ4n) is 0.832. The molecule has 0 aliphatic rings. The molecule has 0 unspecified atom stereocenters. The summed E-state index contributed by atoms with van der Waals surface area (Å²) < 4.78 is 24.6. The van der Waals surface area contributed by atoms with E-state index in [1.54, 1.807) is 6.92 Å². The summed E-state index contributed by atoms with van der Waals surface area (Å²) in [6, 6.07) is 0. The van der Waals surface area contributed by atoms with Crippen LogP contribution in [0.15, 0.2) is 11.4 Å². The monoisotopic (exact) mass is 175 g/mol. The predicted molar refractivity (Wildman–Crippen MR) is 38.4 cm³/mol. The van der Waals surface area contributed by atoms with E-state index >= 15 is 0 Å². The highest BCUT2D eigenvalue weighted by Crippen LogP contribution is 2.15. The van der Waals surface area contributed by atoms with Crippen LogP contribution in [0.5, 0.6) is 0 Å². The predicted octanol–water partition coefficient (Wildman–Crippen LogP) is 1.85. The highest BCUT2D eigenvalue weighted by Gasteiger charge is 2.08. The van der Waals surface area contributed by atoms with Gasteiger partial charge >= 0.3 is 0 Å². The van der Waals surface area contributed by atoms with E-state index in [0.717, 1.165) is 4.68 Å². The molecule has 6 heteroatoms. The normalized spacial score (nSPS) is 10.7. The maximum Gasteiger partial charge on any atom is 0.257 e. The smallest absolute Gasteiger partial charge is 0.257 e. The molecule has 12 heavy (non-hydrogen) atoms. The molecule has 0 atom stereocenters. The lowest BCUT2D eigenvalue weighted by Gasteiger charge is -1.96. The minimum atomic E-state index is -2.47. The van der Waals surface area contributed by atoms with Gasteiger partial charge in [-0.2, -0.15) is 5.10 Å². The van der Waals surface area contributed by atoms with Crippen LogP contribution in [-0.4, -0.2) is 16.2 Å². The van der Waals surface area contributed by atoms with Crippen molar-refractivity contribution in [1.29, 1.82) is 0 Å². The van der Waals surface area contributed by atoms with Crippen molar-refractivity contribution in [2.75, 3.05) is 0 Å². The van der Waals surface area contributed by atoms with Crippen molar-refractivity contribution in [3.05, 3.63) is 16.8 Å². The van der Waals surface area contributed by atoms with Gasteiger partial charge in [-0.3, -0.25) is 4.68 Å². The number of halogens is 2. The number of hydrogen-bond donors (Lipinski definition) is 0. The van der Waals surface area contributed by atoms with Crippen LogP contribution in [0.25, 0.3) is 0 Å². The summed E-state index contributed by atoms with van der Waals surface area (Å²) in [6.45, 7) is 1.04. The van der Waals surface area contributed by atoms with Gasteiger partial charge in [0, 0.05) is 0 Å². The van der Waals surface area contributed by atoms with Gasteiger partial charge in [0.1, 0.15) is 12.2 Å². The summed E-state index contributed by atoms with van der Waals surface area (Å²) in [5.41, 5.74) is 0.473. The average molecular weight is 175 g/mol. The summed E-state index contributed by atoms with van der Waals surface area (Å²) in [4.78, 5) is 10.0. The number of hydrogen-bond acceptors (Lipinski definition) is 3. The molecule has 1 aromatic heterocycles. The second kappa shape index (κ2) is 3.38. The highest BCUT2D eigenvalue weighted by molar-refractivity contribution is 5.38. The number of alkyl halides is 2. The van der Waals surface area contributed by atoms with Crippen molar-refractivity contribution in [2.45, 2.75) is 19.9 Å². The van der Waals surface area contributed by atoms with E-state index in [9.17, 15) is 13.7 Å². The molecule has 0 aliphatic carbocycles. The molecule has 0 aromatic carbocycles. The minimum absolute atomic E-state index is 0.107. The standard InChI is InChI=1S/C6H7F2N3O/c1-4-5(10-12)2-11(9-4)3-6(7)8/h2,6H,3H2,1H3. The zero-order valence-electron chi connectivity index (χ0n) is 6.37. The second-order valence-corrected chi connectivity index (χ2v) is 2.30. The maximum atomic E-state index is 11.8. The summed E-state index contributed by atoms with van der Waals surface area (Å²) >= 11 is 0. The summed E-state index contributed by atoms with van der Waals surface area (Å²) in [6.07, 6.45) is -1.27. The molecule has 0 aliphatic heterocycles. The first-order valence-electron chi connectivity index (χ1n) is 3.29. The Bertz CT molecular complexity index is 284. The molecule has 0 fully saturated rings. The van der Waals surface area contributed by atoms with E-state index in [4.69, 9.17) is 0 Å². The number of aryl methyl sites for hydroxylation is 1. The van der Waals surface area contributed by atoms with E-state index in [-0.39, 0.29) is 5.69 Å². The van der Waals surface area contributed by atoms with Gasteiger partial charge in [-0.1, -0.05) is 0 Å². The molecule has 0 N–H and O–H groups in total. The molecule has 1 rings (SSSR count). The first-order chi connectivity index (χ1) is 5.63. The molecule has 0 amide bonds. The van der Waals surface area contributed by atoms with Crippen LogP contribution in [0.3, 0.4) is 0 Å². The molecular formula is C6H7F2N3O. The summed E-state index contributed by atoms with van der Waals surface area (Å²) in [5, 5.41) is 6.28. The molecule has 4 nitrogen and oxygen atoms in total. The van der Waals surface area contributed by atoms with Crippen LogP contribution in [0.4, 0.5) is 14.5 Å². The number of nitrogens with zero attached hydrogens (tertiary/aromatic N) is 3. The Morgan fingerprint density at radius 1 is 1.75 bits per heavy atom. The SMILES string of the molecule is Cc1nn(CC(F)F)cc1N=O. The van der Waals surface area contributed by atoms with E-state index in [1.807, 2.05) is 0 Å². The molecule has 0 bridgehead atoms. The number of aromatic nitrogens is 2. The Labute approximate surface area is 67.2 Å². The average Bonchev–Trinajstić information content (AvgIpc) is 2.29. The van der Waals surface area contributed by atoms with Gasteiger partial charge in [0.05, 0.1) is 11.9 Å². The topological polar surface area (TPSA) is 47.2 Å². The van der Waals surface area contributed by atoms with Crippen LogP contribution in [-0.2, 0) is 6.54 Å². The van der Waals surface area contributed by atoms with Gasteiger partial charge < -0.3 is 0 Å². The van der Waals surface area contributed by atoms with Crippen molar-refractivity contribution in [1.82, 2.24) is 9.78 Å². The third-order valence-electron chi connectivity index (χ3n) is 1.34. The van der Waals surface area contributed by atoms with E-state index < -0.39 is 13.0 Å². The maximum absolute atomic E-state index is 11.8. The molecule has 1 heterocycles. The fourth-order valence-corrected chi connectivity index (χ4v) is 0.832. The third kappa shape index (κ3) is 1.84. The minimum Gasteiger partial charge on any atom is -0.264 e. The van der Waals surface area contributed by atoms with Crippen LogP contribution in [0.1, 0.15) is 5.69 Å². The summed E-state index contributed by atoms with van der Waals surface area (Å²) in [5.74, 6) is 0. The fraction of sp³-hybridized carbons (Fsp3) is 0.500. The largest absolute Gasteiger partial charge is 0.264 e. The van der Waals surface area contributed by atoms with Gasteiger partial charge in [-0.25, -0.2) is 8.78 Å². The molecule has 0 radical (unpaired) electrons. The lowest BCUT2D eigenvalue weighted by molar-refractivity contribution is 0.121. The Morgan fingerprint density at radius 2 is 2.42 bits per heavy atom. The first-order valence-corrected chi connectivity index (χ1v) is 3.29. The molecule has 0 saturated carbocycles. The Balaban J connectivity index is 2.82. The first kappa shape index (κ1) is 8.76. The van der Waals surface area contributed by atoms with Crippen molar-refractivity contribution in [2.24, 2.45) is 5.18 Å². The van der Waals surface area contributed by atoms with Gasteiger partial charge in [0.15, 0.2) is 0 Å². The van der Waals surface area contributed by atoms with Gasteiger partial charge in [-0.05, 0) is 12.1 Å². The zero-order valence-corrected chi connectivity index (χ0v) is 6.37. The lowest BCUT2D eigenvalue weighted by Crippen LogP contribution is -2.06. The van der Waals surface area contributed by atoms with Crippen LogP contribution in [0.2, 0.25) is 0 Å². The van der Waals surface area contributed by atoms with Crippen molar-refractivity contribution in [3.8, 4) is 0 Å². The third-order valence-corrected chi connectivity index (χ3v) is 1.34. The number of rotatable bonds is 3. The van der Waals surface area contributed by atoms with Gasteiger partial charge in [0.25, 0.3) is 6.43 Å². The van der Waals surface area contributed by atoms with E-state index in [0.29, 0.717) is 5.69 Å². The van der Waals surface area contributed by atoms with Gasteiger partial charge in [0.2, 0.25) is 0 Å². The van der Waals surface area contributed by atoms with E-state index in [2.05, 4.69) is 10.3 Å². The van der Waals surface area contributed by atoms with Crippen LogP contribution >= 0.6 is 0 Å². The molecule has 1 aromatic rings. The zero-order chi connectivity index (χ0) is 9.14. The number of nitroso groups, excluding NO2 is 1. The second-order valence-electron chi connectivity index (χ2n) is 2.30. The lowest BCUT2D eigenvalue weighted by atomic mass is 10.4. The van der Waals surface area contributed by atoms with Crippen molar-refractivity contribution < 1.29 is 8.78 Å². The van der Waals surface area contributed by atoms with Crippen LogP contribution in [0, 0.1) is 11.8 Å². The Morgan fingerprint density at radius 3 is 2.83 bits per heavy atom. The molecule has 66 valence electrons.